The van der Waals surface area contributed by atoms with Gasteiger partial charge in [-0.2, -0.15) is 4.31 Å². The van der Waals surface area contributed by atoms with Gasteiger partial charge in [0, 0.05) is 51.5 Å². The van der Waals surface area contributed by atoms with Crippen molar-refractivity contribution in [2.75, 3.05) is 19.6 Å². The van der Waals surface area contributed by atoms with Crippen LogP contribution in [-0.4, -0.2) is 59.8 Å². The van der Waals surface area contributed by atoms with Gasteiger partial charge >= 0.3 is 0 Å². The molecule has 0 saturated carbocycles. The van der Waals surface area contributed by atoms with Crippen molar-refractivity contribution in [2.24, 2.45) is 0 Å². The zero-order chi connectivity index (χ0) is 24.7. The van der Waals surface area contributed by atoms with Gasteiger partial charge in [0.2, 0.25) is 21.8 Å². The van der Waals surface area contributed by atoms with Crippen LogP contribution in [0.15, 0.2) is 23.1 Å². The molecule has 1 unspecified atom stereocenters. The molecular weight excluding hydrogens is 454 g/mol. The van der Waals surface area contributed by atoms with E-state index < -0.39 is 10.0 Å². The Labute approximate surface area is 202 Å². The monoisotopic (exact) mass is 491 g/mol. The van der Waals surface area contributed by atoms with Crippen LogP contribution in [-0.2, 0) is 32.6 Å². The molecule has 1 fully saturated rings. The lowest BCUT2D eigenvalue weighted by Gasteiger charge is -2.15. The number of fused-ring (bicyclic) bond motifs is 1. The Hall–Kier alpha value is -2.46. The van der Waals surface area contributed by atoms with Gasteiger partial charge in [-0.3, -0.25) is 9.59 Å². The second-order valence-corrected chi connectivity index (χ2v) is 10.9. The summed E-state index contributed by atoms with van der Waals surface area (Å²) in [4.78, 5) is 29.1. The first-order valence-corrected chi connectivity index (χ1v) is 13.8. The molecule has 188 valence electrons. The first kappa shape index (κ1) is 26.2. The van der Waals surface area contributed by atoms with Gasteiger partial charge in [0.1, 0.15) is 5.82 Å². The zero-order valence-electron chi connectivity index (χ0n) is 20.5. The molecule has 1 saturated heterocycles. The maximum atomic E-state index is 12.9. The second-order valence-electron chi connectivity index (χ2n) is 8.92. The van der Waals surface area contributed by atoms with Gasteiger partial charge < -0.3 is 15.2 Å². The predicted molar refractivity (Wildman–Crippen MR) is 132 cm³/mol. The average Bonchev–Trinajstić information content (AvgIpc) is 3.46. The third-order valence-corrected chi connectivity index (χ3v) is 8.11. The predicted octanol–water partition coefficient (Wildman–Crippen LogP) is 2.58. The summed E-state index contributed by atoms with van der Waals surface area (Å²) in [6, 6.07) is 5.25. The van der Waals surface area contributed by atoms with Crippen molar-refractivity contribution < 1.29 is 18.0 Å². The molecule has 1 atom stereocenters. The Bertz CT molecular complexity index is 1110. The number of sulfonamides is 1. The molecule has 9 nitrogen and oxygen atoms in total. The number of rotatable bonds is 12. The summed E-state index contributed by atoms with van der Waals surface area (Å²) in [7, 11) is -3.51. The Kier molecular flexibility index (Phi) is 9.07. The van der Waals surface area contributed by atoms with E-state index in [9.17, 15) is 18.0 Å². The molecule has 34 heavy (non-hydrogen) atoms. The first-order valence-electron chi connectivity index (χ1n) is 12.3. The number of imidazole rings is 1. The molecule has 0 aliphatic carbocycles. The van der Waals surface area contributed by atoms with Crippen molar-refractivity contribution in [1.29, 1.82) is 0 Å². The Morgan fingerprint density at radius 1 is 1.12 bits per heavy atom. The topological polar surface area (TPSA) is 113 Å². The number of hydrogen-bond donors (Lipinski definition) is 2. The number of aromatic nitrogens is 2. The Morgan fingerprint density at radius 2 is 1.85 bits per heavy atom. The minimum Gasteiger partial charge on any atom is -0.356 e. The van der Waals surface area contributed by atoms with Crippen LogP contribution in [0.5, 0.6) is 0 Å². The van der Waals surface area contributed by atoms with E-state index in [4.69, 9.17) is 4.98 Å². The van der Waals surface area contributed by atoms with Gasteiger partial charge in [0.15, 0.2) is 0 Å². The highest BCUT2D eigenvalue weighted by atomic mass is 32.2. The molecule has 3 rings (SSSR count). The first-order chi connectivity index (χ1) is 16.3. The molecule has 1 aromatic heterocycles. The van der Waals surface area contributed by atoms with Crippen LogP contribution in [0.2, 0.25) is 0 Å². The summed E-state index contributed by atoms with van der Waals surface area (Å²) >= 11 is 0. The van der Waals surface area contributed by atoms with Crippen LogP contribution < -0.4 is 10.6 Å². The quantitative estimate of drug-likeness (QED) is 0.474. The van der Waals surface area contributed by atoms with Crippen molar-refractivity contribution in [1.82, 2.24) is 24.5 Å². The van der Waals surface area contributed by atoms with Crippen molar-refractivity contribution in [2.45, 2.75) is 83.2 Å². The highest BCUT2D eigenvalue weighted by Gasteiger charge is 2.27. The molecular formula is C24H37N5O4S. The van der Waals surface area contributed by atoms with Crippen LogP contribution in [0.1, 0.15) is 65.1 Å². The number of benzene rings is 1. The molecule has 0 radical (unpaired) electrons. The van der Waals surface area contributed by atoms with Crippen LogP contribution in [0.4, 0.5) is 0 Å². The van der Waals surface area contributed by atoms with E-state index in [-0.39, 0.29) is 35.6 Å². The Morgan fingerprint density at radius 3 is 2.53 bits per heavy atom. The fourth-order valence-electron chi connectivity index (χ4n) is 4.14. The highest BCUT2D eigenvalue weighted by molar-refractivity contribution is 7.89. The van der Waals surface area contributed by atoms with Crippen molar-refractivity contribution in [3.8, 4) is 0 Å². The van der Waals surface area contributed by atoms with Crippen molar-refractivity contribution >= 4 is 32.9 Å². The van der Waals surface area contributed by atoms with Gasteiger partial charge in [-0.1, -0.05) is 13.8 Å². The normalized spacial score (nSPS) is 15.5. The number of aryl methyl sites for hydroxylation is 2. The molecule has 1 aromatic carbocycles. The molecule has 2 aromatic rings. The summed E-state index contributed by atoms with van der Waals surface area (Å²) in [5, 5.41) is 5.68. The van der Waals surface area contributed by atoms with E-state index in [1.807, 2.05) is 19.9 Å². The van der Waals surface area contributed by atoms with Crippen LogP contribution in [0.3, 0.4) is 0 Å². The molecule has 2 heterocycles. The lowest BCUT2D eigenvalue weighted by Crippen LogP contribution is -2.35. The summed E-state index contributed by atoms with van der Waals surface area (Å²) in [6.45, 7) is 8.18. The number of hydrogen-bond acceptors (Lipinski definition) is 5. The fourth-order valence-corrected chi connectivity index (χ4v) is 5.68. The van der Waals surface area contributed by atoms with Gasteiger partial charge in [0.05, 0.1) is 15.9 Å². The lowest BCUT2D eigenvalue weighted by atomic mass is 10.2. The number of amides is 2. The van der Waals surface area contributed by atoms with E-state index in [1.165, 1.54) is 4.31 Å². The smallest absolute Gasteiger partial charge is 0.243 e. The Balaban J connectivity index is 1.65. The van der Waals surface area contributed by atoms with Crippen LogP contribution in [0, 0.1) is 0 Å². The summed E-state index contributed by atoms with van der Waals surface area (Å²) in [6.07, 6.45) is 4.47. The highest BCUT2D eigenvalue weighted by Crippen LogP contribution is 2.25. The standard InChI is InChI=1S/C24H37N5O4S/c1-4-14-29-21-9-8-19(34(32,33)28-15-6-7-16-28)17-20(21)27-22(29)10-11-23(30)25-13-12-24(31)26-18(3)5-2/h8-9,17-18H,4-7,10-16H2,1-3H3,(H,25,30)(H,26,31). The largest absolute Gasteiger partial charge is 0.356 e. The average molecular weight is 492 g/mol. The maximum absolute atomic E-state index is 12.9. The van der Waals surface area contributed by atoms with Crippen molar-refractivity contribution in [3.63, 3.8) is 0 Å². The third kappa shape index (κ3) is 6.35. The zero-order valence-corrected chi connectivity index (χ0v) is 21.3. The third-order valence-electron chi connectivity index (χ3n) is 6.22. The molecule has 0 bridgehead atoms. The SMILES string of the molecule is CCCn1c(CCC(=O)NCCC(=O)NC(C)CC)nc2cc(S(=O)(=O)N3CCCC3)ccc21. The second kappa shape index (κ2) is 11.8. The van der Waals surface area contributed by atoms with Crippen LogP contribution >= 0.6 is 0 Å². The lowest BCUT2D eigenvalue weighted by molar-refractivity contribution is -0.122. The summed E-state index contributed by atoms with van der Waals surface area (Å²) < 4.78 is 29.5. The summed E-state index contributed by atoms with van der Waals surface area (Å²) in [5.41, 5.74) is 1.50. The molecule has 10 heteroatoms. The van der Waals surface area contributed by atoms with Gasteiger partial charge in [-0.25, -0.2) is 13.4 Å². The van der Waals surface area contributed by atoms with E-state index in [2.05, 4.69) is 22.1 Å². The van der Waals surface area contributed by atoms with Crippen LogP contribution in [0.25, 0.3) is 11.0 Å². The number of carbonyl (C=O) groups is 2. The van der Waals surface area contributed by atoms with E-state index >= 15 is 0 Å². The number of nitrogens with one attached hydrogen (secondary N) is 2. The fraction of sp³-hybridized carbons (Fsp3) is 0.625. The maximum Gasteiger partial charge on any atom is 0.243 e. The van der Waals surface area contributed by atoms with E-state index in [0.717, 1.165) is 43.6 Å². The molecule has 0 spiro atoms. The minimum absolute atomic E-state index is 0.0703. The number of carbonyl (C=O) groups excluding carboxylic acids is 2. The van der Waals surface area contributed by atoms with Crippen molar-refractivity contribution in [3.05, 3.63) is 24.0 Å². The molecule has 1 aliphatic heterocycles. The van der Waals surface area contributed by atoms with Gasteiger partial charge in [-0.15, -0.1) is 0 Å². The summed E-state index contributed by atoms with van der Waals surface area (Å²) in [5.74, 6) is 0.556. The molecule has 2 amide bonds. The molecule has 1 aliphatic rings. The van der Waals surface area contributed by atoms with E-state index in [0.29, 0.717) is 31.6 Å². The minimum atomic E-state index is -3.51. The van der Waals surface area contributed by atoms with E-state index in [1.54, 1.807) is 12.1 Å². The van der Waals surface area contributed by atoms with Gasteiger partial charge in [-0.05, 0) is 50.8 Å². The molecule has 2 N–H and O–H groups in total. The number of nitrogens with zero attached hydrogens (tertiary/aromatic N) is 3. The van der Waals surface area contributed by atoms with Gasteiger partial charge in [0.25, 0.3) is 0 Å².